The van der Waals surface area contributed by atoms with Gasteiger partial charge in [-0.3, -0.25) is 4.90 Å². The standard InChI is InChI=1S/C8H17N3S/c9-5-8(12)6-11-3-1-7(10)2-4-11/h5,7,12H,1-4,6,9-10H2/b8-5-. The Morgan fingerprint density at radius 1 is 1.50 bits per heavy atom. The highest BCUT2D eigenvalue weighted by Gasteiger charge is 2.15. The fraction of sp³-hybridized carbons (Fsp3) is 0.750. The van der Waals surface area contributed by atoms with Gasteiger partial charge < -0.3 is 11.5 Å². The Bertz CT molecular complexity index is 162. The van der Waals surface area contributed by atoms with Gasteiger partial charge in [-0.2, -0.15) is 0 Å². The van der Waals surface area contributed by atoms with E-state index in [1.54, 1.807) is 6.20 Å². The smallest absolute Gasteiger partial charge is 0.0305 e. The molecular formula is C8H17N3S. The maximum absolute atomic E-state index is 5.78. The monoisotopic (exact) mass is 187 g/mol. The van der Waals surface area contributed by atoms with Gasteiger partial charge in [-0.1, -0.05) is 0 Å². The first-order valence-corrected chi connectivity index (χ1v) is 4.74. The summed E-state index contributed by atoms with van der Waals surface area (Å²) in [6.45, 7) is 3.00. The maximum atomic E-state index is 5.78. The molecule has 1 rings (SSSR count). The molecule has 4 N–H and O–H groups in total. The Morgan fingerprint density at radius 3 is 2.58 bits per heavy atom. The van der Waals surface area contributed by atoms with Crippen LogP contribution in [0.3, 0.4) is 0 Å². The van der Waals surface area contributed by atoms with Crippen molar-refractivity contribution in [1.82, 2.24) is 4.90 Å². The van der Waals surface area contributed by atoms with Crippen molar-refractivity contribution in [2.45, 2.75) is 18.9 Å². The normalized spacial score (nSPS) is 23.0. The number of hydrogen-bond donors (Lipinski definition) is 3. The average molecular weight is 187 g/mol. The van der Waals surface area contributed by atoms with E-state index in [9.17, 15) is 0 Å². The molecule has 1 aliphatic heterocycles. The van der Waals surface area contributed by atoms with Crippen LogP contribution in [0.4, 0.5) is 0 Å². The number of rotatable bonds is 2. The molecule has 0 aromatic rings. The lowest BCUT2D eigenvalue weighted by Gasteiger charge is -2.29. The molecular weight excluding hydrogens is 170 g/mol. The van der Waals surface area contributed by atoms with E-state index in [-0.39, 0.29) is 0 Å². The Morgan fingerprint density at radius 2 is 2.08 bits per heavy atom. The van der Waals surface area contributed by atoms with Gasteiger partial charge in [-0.05, 0) is 25.9 Å². The van der Waals surface area contributed by atoms with Crippen LogP contribution < -0.4 is 11.5 Å². The van der Waals surface area contributed by atoms with Gasteiger partial charge in [0, 0.05) is 23.7 Å². The molecule has 3 nitrogen and oxygen atoms in total. The fourth-order valence-electron chi connectivity index (χ4n) is 1.39. The van der Waals surface area contributed by atoms with Gasteiger partial charge in [0.15, 0.2) is 0 Å². The molecule has 1 aliphatic rings. The number of thiol groups is 1. The number of likely N-dealkylation sites (tertiary alicyclic amines) is 1. The first-order chi connectivity index (χ1) is 5.72. The van der Waals surface area contributed by atoms with Crippen molar-refractivity contribution in [1.29, 1.82) is 0 Å². The van der Waals surface area contributed by atoms with Crippen molar-refractivity contribution in [3.05, 3.63) is 11.1 Å². The van der Waals surface area contributed by atoms with Crippen LogP contribution in [-0.4, -0.2) is 30.6 Å². The molecule has 1 saturated heterocycles. The maximum Gasteiger partial charge on any atom is 0.0305 e. The summed E-state index contributed by atoms with van der Waals surface area (Å²) in [5.74, 6) is 0. The summed E-state index contributed by atoms with van der Waals surface area (Å²) in [5.41, 5.74) is 11.1. The van der Waals surface area contributed by atoms with Crippen LogP contribution in [-0.2, 0) is 0 Å². The molecule has 0 radical (unpaired) electrons. The molecule has 12 heavy (non-hydrogen) atoms. The molecule has 0 saturated carbocycles. The summed E-state index contributed by atoms with van der Waals surface area (Å²) >= 11 is 4.23. The molecule has 0 atom stereocenters. The number of piperidine rings is 1. The molecule has 1 fully saturated rings. The van der Waals surface area contributed by atoms with Crippen molar-refractivity contribution >= 4 is 12.6 Å². The first kappa shape index (κ1) is 9.89. The highest BCUT2D eigenvalue weighted by molar-refractivity contribution is 7.84. The van der Waals surface area contributed by atoms with E-state index in [1.807, 2.05) is 0 Å². The van der Waals surface area contributed by atoms with E-state index in [1.165, 1.54) is 0 Å². The Labute approximate surface area is 79.2 Å². The van der Waals surface area contributed by atoms with Crippen LogP contribution >= 0.6 is 12.6 Å². The van der Waals surface area contributed by atoms with Gasteiger partial charge in [0.25, 0.3) is 0 Å². The number of hydrogen-bond acceptors (Lipinski definition) is 4. The molecule has 0 unspecified atom stereocenters. The van der Waals surface area contributed by atoms with Gasteiger partial charge in [-0.25, -0.2) is 0 Å². The lowest BCUT2D eigenvalue weighted by atomic mass is 10.1. The summed E-state index contributed by atoms with van der Waals surface area (Å²) < 4.78 is 0. The number of nitrogens with two attached hydrogens (primary N) is 2. The van der Waals surface area contributed by atoms with Gasteiger partial charge in [-0.15, -0.1) is 12.6 Å². The Hall–Kier alpha value is -0.190. The second-order valence-electron chi connectivity index (χ2n) is 3.27. The van der Waals surface area contributed by atoms with Gasteiger partial charge in [0.2, 0.25) is 0 Å². The third-order valence-corrected chi connectivity index (χ3v) is 2.50. The van der Waals surface area contributed by atoms with Crippen molar-refractivity contribution in [2.24, 2.45) is 11.5 Å². The van der Waals surface area contributed by atoms with E-state index in [2.05, 4.69) is 17.5 Å². The van der Waals surface area contributed by atoms with E-state index in [0.717, 1.165) is 37.4 Å². The summed E-state index contributed by atoms with van der Waals surface area (Å²) in [7, 11) is 0. The molecule has 0 aromatic carbocycles. The topological polar surface area (TPSA) is 55.3 Å². The first-order valence-electron chi connectivity index (χ1n) is 4.30. The summed E-state index contributed by atoms with van der Waals surface area (Å²) in [5, 5.41) is 0. The van der Waals surface area contributed by atoms with Crippen molar-refractivity contribution in [2.75, 3.05) is 19.6 Å². The lowest BCUT2D eigenvalue weighted by molar-refractivity contribution is 0.232. The molecule has 0 bridgehead atoms. The highest BCUT2D eigenvalue weighted by Crippen LogP contribution is 2.10. The van der Waals surface area contributed by atoms with Crippen molar-refractivity contribution < 1.29 is 0 Å². The molecule has 1 heterocycles. The van der Waals surface area contributed by atoms with Crippen molar-refractivity contribution in [3.8, 4) is 0 Å². The third-order valence-electron chi connectivity index (χ3n) is 2.21. The quantitative estimate of drug-likeness (QED) is 0.539. The zero-order valence-corrected chi connectivity index (χ0v) is 8.13. The zero-order chi connectivity index (χ0) is 8.97. The minimum atomic E-state index is 0.395. The second-order valence-corrected chi connectivity index (χ2v) is 3.85. The minimum Gasteiger partial charge on any atom is -0.404 e. The Balaban J connectivity index is 2.26. The van der Waals surface area contributed by atoms with Gasteiger partial charge in [0.1, 0.15) is 0 Å². The summed E-state index contributed by atoms with van der Waals surface area (Å²) in [6.07, 6.45) is 3.73. The average Bonchev–Trinajstić information content (AvgIpc) is 2.09. The predicted octanol–water partition coefficient (Wildman–Crippen LogP) is 0.139. The van der Waals surface area contributed by atoms with E-state index in [0.29, 0.717) is 6.04 Å². The van der Waals surface area contributed by atoms with Crippen LogP contribution in [0.15, 0.2) is 11.1 Å². The van der Waals surface area contributed by atoms with Gasteiger partial charge >= 0.3 is 0 Å². The fourth-order valence-corrected chi connectivity index (χ4v) is 1.59. The minimum absolute atomic E-state index is 0.395. The second kappa shape index (κ2) is 4.74. The number of nitrogens with zero attached hydrogens (tertiary/aromatic N) is 1. The predicted molar refractivity (Wildman–Crippen MR) is 54.9 cm³/mol. The zero-order valence-electron chi connectivity index (χ0n) is 7.24. The highest BCUT2D eigenvalue weighted by atomic mass is 32.1. The molecule has 4 heteroatoms. The van der Waals surface area contributed by atoms with Crippen molar-refractivity contribution in [3.63, 3.8) is 0 Å². The molecule has 70 valence electrons. The van der Waals surface area contributed by atoms with Crippen LogP contribution in [0.2, 0.25) is 0 Å². The van der Waals surface area contributed by atoms with E-state index in [4.69, 9.17) is 11.5 Å². The van der Waals surface area contributed by atoms with Gasteiger partial charge in [0.05, 0.1) is 0 Å². The van der Waals surface area contributed by atoms with Crippen LogP contribution in [0, 0.1) is 0 Å². The molecule has 0 amide bonds. The van der Waals surface area contributed by atoms with E-state index < -0.39 is 0 Å². The van der Waals surface area contributed by atoms with Crippen LogP contribution in [0.1, 0.15) is 12.8 Å². The lowest BCUT2D eigenvalue weighted by Crippen LogP contribution is -2.40. The molecule has 0 aliphatic carbocycles. The Kier molecular flexibility index (Phi) is 3.91. The summed E-state index contributed by atoms with van der Waals surface area (Å²) in [6, 6.07) is 0.395. The van der Waals surface area contributed by atoms with E-state index >= 15 is 0 Å². The largest absolute Gasteiger partial charge is 0.404 e. The third kappa shape index (κ3) is 3.05. The SMILES string of the molecule is N/C=C(\S)CN1CCC(N)CC1. The molecule has 0 aromatic heterocycles. The van der Waals surface area contributed by atoms with Crippen LogP contribution in [0.5, 0.6) is 0 Å². The van der Waals surface area contributed by atoms with Crippen LogP contribution in [0.25, 0.3) is 0 Å². The molecule has 0 spiro atoms. The summed E-state index contributed by atoms with van der Waals surface area (Å²) in [4.78, 5) is 3.26.